The molecule has 0 aliphatic rings. The number of nitrogens with zero attached hydrogens (tertiary/aromatic N) is 1. The third-order valence-electron chi connectivity index (χ3n) is 3.11. The minimum absolute atomic E-state index is 0.269. The van der Waals surface area contributed by atoms with Gasteiger partial charge in [0.05, 0.1) is 23.9 Å². The van der Waals surface area contributed by atoms with Gasteiger partial charge < -0.3 is 15.4 Å². The summed E-state index contributed by atoms with van der Waals surface area (Å²) in [5, 5.41) is 13.9. The van der Waals surface area contributed by atoms with Gasteiger partial charge in [0.2, 0.25) is 5.91 Å². The Bertz CT molecular complexity index is 764. The lowest BCUT2D eigenvalue weighted by Gasteiger charge is -2.11. The first-order chi connectivity index (χ1) is 11.6. The molecule has 6 nitrogen and oxygen atoms in total. The Kier molecular flexibility index (Phi) is 5.92. The Balaban J connectivity index is 2.12. The molecule has 0 atom stereocenters. The molecule has 0 saturated carbocycles. The van der Waals surface area contributed by atoms with Crippen molar-refractivity contribution in [3.63, 3.8) is 0 Å². The van der Waals surface area contributed by atoms with Crippen LogP contribution in [0.3, 0.4) is 0 Å². The van der Waals surface area contributed by atoms with Gasteiger partial charge >= 0.3 is 0 Å². The molecule has 2 aromatic carbocycles. The zero-order valence-electron chi connectivity index (χ0n) is 13.2. The van der Waals surface area contributed by atoms with Crippen LogP contribution >= 0.6 is 0 Å². The largest absolute Gasteiger partial charge is 0.494 e. The van der Waals surface area contributed by atoms with E-state index in [0.717, 1.165) is 5.75 Å². The summed E-state index contributed by atoms with van der Waals surface area (Å²) in [6, 6.07) is 15.4. The van der Waals surface area contributed by atoms with Crippen LogP contribution < -0.4 is 15.4 Å². The van der Waals surface area contributed by atoms with E-state index in [9.17, 15) is 9.59 Å². The Hall–Kier alpha value is -3.33. The maximum atomic E-state index is 12.4. The maximum Gasteiger partial charge on any atom is 0.257 e. The van der Waals surface area contributed by atoms with E-state index in [-0.39, 0.29) is 12.3 Å². The van der Waals surface area contributed by atoms with Gasteiger partial charge in [-0.3, -0.25) is 9.59 Å². The molecule has 122 valence electrons. The molecular formula is C18H17N3O3. The Labute approximate surface area is 140 Å². The first kappa shape index (κ1) is 17.0. The van der Waals surface area contributed by atoms with E-state index in [1.165, 1.54) is 0 Å². The minimum Gasteiger partial charge on any atom is -0.494 e. The summed E-state index contributed by atoms with van der Waals surface area (Å²) in [5.41, 5.74) is 1.29. The van der Waals surface area contributed by atoms with Gasteiger partial charge in [-0.1, -0.05) is 12.1 Å². The third-order valence-corrected chi connectivity index (χ3v) is 3.11. The summed E-state index contributed by atoms with van der Waals surface area (Å²) in [4.78, 5) is 24.0. The fourth-order valence-electron chi connectivity index (χ4n) is 2.06. The number of nitrogens with one attached hydrogen (secondary N) is 2. The molecule has 0 heterocycles. The number of nitriles is 1. The quantitative estimate of drug-likeness (QED) is 0.854. The van der Waals surface area contributed by atoms with Gasteiger partial charge in [0, 0.05) is 5.69 Å². The third kappa shape index (κ3) is 4.58. The van der Waals surface area contributed by atoms with Crippen molar-refractivity contribution in [1.29, 1.82) is 5.26 Å². The summed E-state index contributed by atoms with van der Waals surface area (Å²) >= 11 is 0. The van der Waals surface area contributed by atoms with Crippen molar-refractivity contribution in [3.05, 3.63) is 54.1 Å². The van der Waals surface area contributed by atoms with Crippen LogP contribution in [0.4, 0.5) is 11.4 Å². The number of hydrogen-bond acceptors (Lipinski definition) is 4. The SMILES string of the molecule is CCOc1ccc(NC(=O)c2ccccc2NC(=O)CC#N)cc1. The zero-order chi connectivity index (χ0) is 17.4. The molecule has 2 rings (SSSR count). The molecule has 2 amide bonds. The van der Waals surface area contributed by atoms with E-state index in [1.54, 1.807) is 54.6 Å². The summed E-state index contributed by atoms with van der Waals surface area (Å²) in [7, 11) is 0. The molecule has 0 aliphatic heterocycles. The molecule has 0 radical (unpaired) electrons. The Morgan fingerprint density at radius 1 is 1.08 bits per heavy atom. The number of anilines is 2. The molecule has 6 heteroatoms. The van der Waals surface area contributed by atoms with Gasteiger partial charge in [-0.25, -0.2) is 0 Å². The van der Waals surface area contributed by atoms with E-state index >= 15 is 0 Å². The van der Waals surface area contributed by atoms with Crippen LogP contribution in [-0.4, -0.2) is 18.4 Å². The Morgan fingerprint density at radius 2 is 1.79 bits per heavy atom. The van der Waals surface area contributed by atoms with Crippen molar-refractivity contribution >= 4 is 23.2 Å². The minimum atomic E-state index is -0.459. The lowest BCUT2D eigenvalue weighted by Crippen LogP contribution is -2.17. The number of benzene rings is 2. The van der Waals surface area contributed by atoms with Crippen LogP contribution in [0.2, 0.25) is 0 Å². The number of carbonyl (C=O) groups excluding carboxylic acids is 2. The number of ether oxygens (including phenoxy) is 1. The highest BCUT2D eigenvalue weighted by molar-refractivity contribution is 6.10. The Morgan fingerprint density at radius 3 is 2.46 bits per heavy atom. The van der Waals surface area contributed by atoms with Crippen LogP contribution in [-0.2, 0) is 4.79 Å². The monoisotopic (exact) mass is 323 g/mol. The molecule has 0 aromatic heterocycles. The molecular weight excluding hydrogens is 306 g/mol. The fraction of sp³-hybridized carbons (Fsp3) is 0.167. The maximum absolute atomic E-state index is 12.4. The molecule has 0 bridgehead atoms. The van der Waals surface area contributed by atoms with Crippen molar-refractivity contribution in [2.45, 2.75) is 13.3 Å². The van der Waals surface area contributed by atoms with Gasteiger partial charge in [0.15, 0.2) is 0 Å². The van der Waals surface area contributed by atoms with Gasteiger partial charge in [-0.05, 0) is 43.3 Å². The second kappa shape index (κ2) is 8.34. The summed E-state index contributed by atoms with van der Waals surface area (Å²) in [6.07, 6.45) is -0.269. The van der Waals surface area contributed by atoms with E-state index in [2.05, 4.69) is 10.6 Å². The van der Waals surface area contributed by atoms with Crippen LogP contribution in [0.5, 0.6) is 5.75 Å². The average molecular weight is 323 g/mol. The molecule has 0 aliphatic carbocycles. The van der Waals surface area contributed by atoms with E-state index in [4.69, 9.17) is 10.00 Å². The average Bonchev–Trinajstić information content (AvgIpc) is 2.57. The van der Waals surface area contributed by atoms with Crippen molar-refractivity contribution in [2.24, 2.45) is 0 Å². The number of para-hydroxylation sites is 1. The van der Waals surface area contributed by atoms with Gasteiger partial charge in [0.25, 0.3) is 5.91 Å². The van der Waals surface area contributed by atoms with Crippen LogP contribution in [0.25, 0.3) is 0 Å². The first-order valence-corrected chi connectivity index (χ1v) is 7.44. The van der Waals surface area contributed by atoms with E-state index in [1.807, 2.05) is 6.92 Å². The van der Waals surface area contributed by atoms with Gasteiger partial charge in [-0.15, -0.1) is 0 Å². The second-order valence-corrected chi connectivity index (χ2v) is 4.84. The van der Waals surface area contributed by atoms with Crippen molar-refractivity contribution in [3.8, 4) is 11.8 Å². The van der Waals surface area contributed by atoms with Crippen molar-refractivity contribution in [2.75, 3.05) is 17.2 Å². The molecule has 0 spiro atoms. The highest BCUT2D eigenvalue weighted by atomic mass is 16.5. The molecule has 0 unspecified atom stereocenters. The van der Waals surface area contributed by atoms with Crippen LogP contribution in [0, 0.1) is 11.3 Å². The van der Waals surface area contributed by atoms with Crippen LogP contribution in [0.1, 0.15) is 23.7 Å². The molecule has 2 aromatic rings. The van der Waals surface area contributed by atoms with E-state index < -0.39 is 5.91 Å². The molecule has 24 heavy (non-hydrogen) atoms. The smallest absolute Gasteiger partial charge is 0.257 e. The summed E-state index contributed by atoms with van der Waals surface area (Å²) in [6.45, 7) is 2.47. The lowest BCUT2D eigenvalue weighted by atomic mass is 10.1. The first-order valence-electron chi connectivity index (χ1n) is 7.44. The van der Waals surface area contributed by atoms with Crippen molar-refractivity contribution < 1.29 is 14.3 Å². The topological polar surface area (TPSA) is 91.2 Å². The van der Waals surface area contributed by atoms with Gasteiger partial charge in [-0.2, -0.15) is 5.26 Å². The predicted molar refractivity (Wildman–Crippen MR) is 90.9 cm³/mol. The highest BCUT2D eigenvalue weighted by Crippen LogP contribution is 2.19. The highest BCUT2D eigenvalue weighted by Gasteiger charge is 2.13. The molecule has 0 saturated heterocycles. The normalized spacial score (nSPS) is 9.67. The lowest BCUT2D eigenvalue weighted by molar-refractivity contribution is -0.115. The van der Waals surface area contributed by atoms with Gasteiger partial charge in [0.1, 0.15) is 12.2 Å². The number of rotatable bonds is 6. The number of hydrogen-bond donors (Lipinski definition) is 2. The molecule has 0 fully saturated rings. The second-order valence-electron chi connectivity index (χ2n) is 4.84. The predicted octanol–water partition coefficient (Wildman–Crippen LogP) is 3.19. The summed E-state index contributed by atoms with van der Waals surface area (Å²) in [5.74, 6) is -0.0921. The van der Waals surface area contributed by atoms with Crippen molar-refractivity contribution in [1.82, 2.24) is 0 Å². The summed E-state index contributed by atoms with van der Waals surface area (Å²) < 4.78 is 5.35. The molecule has 2 N–H and O–H groups in total. The van der Waals surface area contributed by atoms with Crippen LogP contribution in [0.15, 0.2) is 48.5 Å². The standard InChI is InChI=1S/C18H17N3O3/c1-2-24-14-9-7-13(8-10-14)20-18(23)15-5-3-4-6-16(15)21-17(22)11-12-19/h3-10H,2,11H2,1H3,(H,20,23)(H,21,22). The fourth-order valence-corrected chi connectivity index (χ4v) is 2.06. The zero-order valence-corrected chi connectivity index (χ0v) is 13.2. The van der Waals surface area contributed by atoms with E-state index in [0.29, 0.717) is 23.5 Å². The number of amides is 2. The number of carbonyl (C=O) groups is 2.